The summed E-state index contributed by atoms with van der Waals surface area (Å²) in [4.78, 5) is 14.2. The van der Waals surface area contributed by atoms with Crippen molar-refractivity contribution in [3.05, 3.63) is 35.6 Å². The van der Waals surface area contributed by atoms with Gasteiger partial charge in [0.2, 0.25) is 5.91 Å². The number of hydrogen-bond donors (Lipinski definition) is 1. The molecule has 1 atom stereocenters. The fraction of sp³-hybridized carbons (Fsp3) is 0.533. The predicted octanol–water partition coefficient (Wildman–Crippen LogP) is 2.73. The molecule has 0 fully saturated rings. The highest BCUT2D eigenvalue weighted by molar-refractivity contribution is 5.83. The molecule has 1 rings (SSSR count). The zero-order valence-corrected chi connectivity index (χ0v) is 12.3. The first-order valence-corrected chi connectivity index (χ1v) is 6.61. The number of likely N-dealkylation sites (N-methyl/N-ethyl adjacent to an activating group) is 1. The molecule has 0 spiro atoms. The maximum atomic E-state index is 13.0. The number of carbonyl (C=O) groups excluding carboxylic acids is 1. The summed E-state index contributed by atoms with van der Waals surface area (Å²) in [6, 6.07) is 5.93. The number of hydrogen-bond acceptors (Lipinski definition) is 2. The van der Waals surface area contributed by atoms with Gasteiger partial charge < -0.3 is 4.90 Å². The number of rotatable bonds is 5. The lowest BCUT2D eigenvalue weighted by molar-refractivity contribution is -0.134. The molecule has 106 valence electrons. The molecule has 1 N–H and O–H groups in total. The summed E-state index contributed by atoms with van der Waals surface area (Å²) in [6.45, 7) is 7.91. The number of nitrogens with zero attached hydrogens (tertiary/aromatic N) is 1. The molecule has 4 heteroatoms. The standard InChI is InChI=1S/C15H23FN2O/c1-10(2)17-14(15(19)18(5)11(3)4)12-6-8-13(16)9-7-12/h6-11,14,17H,1-5H3. The molecule has 1 unspecified atom stereocenters. The minimum Gasteiger partial charge on any atom is -0.342 e. The Balaban J connectivity index is 3.00. The topological polar surface area (TPSA) is 32.3 Å². The Kier molecular flexibility index (Phi) is 5.48. The number of nitrogens with one attached hydrogen (secondary N) is 1. The van der Waals surface area contributed by atoms with E-state index in [1.165, 1.54) is 12.1 Å². The van der Waals surface area contributed by atoms with Crippen LogP contribution in [-0.4, -0.2) is 29.9 Å². The summed E-state index contributed by atoms with van der Waals surface area (Å²) in [5.41, 5.74) is 0.785. The Bertz CT molecular complexity index is 415. The van der Waals surface area contributed by atoms with Gasteiger partial charge in [0.15, 0.2) is 0 Å². The number of benzene rings is 1. The quantitative estimate of drug-likeness (QED) is 0.888. The van der Waals surface area contributed by atoms with Gasteiger partial charge in [-0.1, -0.05) is 12.1 Å². The Labute approximate surface area is 114 Å². The second-order valence-electron chi connectivity index (χ2n) is 5.35. The zero-order chi connectivity index (χ0) is 14.6. The van der Waals surface area contributed by atoms with Gasteiger partial charge in [0.1, 0.15) is 11.9 Å². The van der Waals surface area contributed by atoms with E-state index < -0.39 is 6.04 Å². The molecule has 0 aromatic heterocycles. The first-order chi connectivity index (χ1) is 8.82. The van der Waals surface area contributed by atoms with Crippen LogP contribution < -0.4 is 5.32 Å². The maximum absolute atomic E-state index is 13.0. The fourth-order valence-corrected chi connectivity index (χ4v) is 1.76. The summed E-state index contributed by atoms with van der Waals surface area (Å²) in [7, 11) is 1.78. The highest BCUT2D eigenvalue weighted by Crippen LogP contribution is 2.18. The van der Waals surface area contributed by atoms with E-state index >= 15 is 0 Å². The maximum Gasteiger partial charge on any atom is 0.244 e. The molecule has 0 aliphatic carbocycles. The lowest BCUT2D eigenvalue weighted by Crippen LogP contribution is -2.43. The summed E-state index contributed by atoms with van der Waals surface area (Å²) in [5.74, 6) is -0.299. The molecular weight excluding hydrogens is 243 g/mol. The third-order valence-electron chi connectivity index (χ3n) is 3.07. The third kappa shape index (κ3) is 4.31. The number of halogens is 1. The highest BCUT2D eigenvalue weighted by atomic mass is 19.1. The van der Waals surface area contributed by atoms with Crippen molar-refractivity contribution in [2.24, 2.45) is 0 Å². The second-order valence-corrected chi connectivity index (χ2v) is 5.35. The van der Waals surface area contributed by atoms with Gasteiger partial charge >= 0.3 is 0 Å². The van der Waals surface area contributed by atoms with Crippen LogP contribution in [0, 0.1) is 5.82 Å². The Hall–Kier alpha value is -1.42. The second kappa shape index (κ2) is 6.66. The van der Waals surface area contributed by atoms with Gasteiger partial charge in [-0.3, -0.25) is 10.1 Å². The van der Waals surface area contributed by atoms with Gasteiger partial charge in [-0.05, 0) is 45.4 Å². The zero-order valence-electron chi connectivity index (χ0n) is 12.3. The molecule has 0 radical (unpaired) electrons. The van der Waals surface area contributed by atoms with Crippen LogP contribution in [-0.2, 0) is 4.79 Å². The molecule has 3 nitrogen and oxygen atoms in total. The SMILES string of the molecule is CC(C)NC(C(=O)N(C)C(C)C)c1ccc(F)cc1. The number of carbonyl (C=O) groups is 1. The van der Waals surface area contributed by atoms with E-state index in [2.05, 4.69) is 5.32 Å². The lowest BCUT2D eigenvalue weighted by atomic mass is 10.0. The van der Waals surface area contributed by atoms with Crippen molar-refractivity contribution in [1.82, 2.24) is 10.2 Å². The van der Waals surface area contributed by atoms with Crippen LogP contribution in [0.5, 0.6) is 0 Å². The third-order valence-corrected chi connectivity index (χ3v) is 3.07. The van der Waals surface area contributed by atoms with Crippen LogP contribution in [0.2, 0.25) is 0 Å². The van der Waals surface area contributed by atoms with Gasteiger partial charge in [0.25, 0.3) is 0 Å². The van der Waals surface area contributed by atoms with Crippen LogP contribution in [0.4, 0.5) is 4.39 Å². The Morgan fingerprint density at radius 2 is 1.68 bits per heavy atom. The molecule has 0 aliphatic rings. The molecule has 0 saturated carbocycles. The Morgan fingerprint density at radius 1 is 1.16 bits per heavy atom. The summed E-state index contributed by atoms with van der Waals surface area (Å²) in [5, 5.41) is 3.24. The van der Waals surface area contributed by atoms with Crippen molar-refractivity contribution < 1.29 is 9.18 Å². The van der Waals surface area contributed by atoms with Crippen LogP contribution in [0.25, 0.3) is 0 Å². The van der Waals surface area contributed by atoms with E-state index in [-0.39, 0.29) is 23.8 Å². The van der Waals surface area contributed by atoms with E-state index in [4.69, 9.17) is 0 Å². The van der Waals surface area contributed by atoms with E-state index in [0.29, 0.717) is 0 Å². The van der Waals surface area contributed by atoms with Crippen LogP contribution in [0.3, 0.4) is 0 Å². The smallest absolute Gasteiger partial charge is 0.244 e. The molecule has 0 heterocycles. The average Bonchev–Trinajstić information content (AvgIpc) is 2.35. The average molecular weight is 266 g/mol. The molecule has 0 bridgehead atoms. The van der Waals surface area contributed by atoms with Gasteiger partial charge in [-0.25, -0.2) is 4.39 Å². The van der Waals surface area contributed by atoms with Crippen molar-refractivity contribution in [2.75, 3.05) is 7.05 Å². The molecule has 1 amide bonds. The molecule has 0 aliphatic heterocycles. The summed E-state index contributed by atoms with van der Waals surface area (Å²) >= 11 is 0. The first kappa shape index (κ1) is 15.6. The summed E-state index contributed by atoms with van der Waals surface area (Å²) < 4.78 is 13.0. The molecular formula is C15H23FN2O. The van der Waals surface area contributed by atoms with Crippen LogP contribution in [0.15, 0.2) is 24.3 Å². The van der Waals surface area contributed by atoms with Crippen LogP contribution >= 0.6 is 0 Å². The van der Waals surface area contributed by atoms with E-state index in [9.17, 15) is 9.18 Å². The van der Waals surface area contributed by atoms with Crippen molar-refractivity contribution >= 4 is 5.91 Å². The fourth-order valence-electron chi connectivity index (χ4n) is 1.76. The first-order valence-electron chi connectivity index (χ1n) is 6.61. The normalized spacial score (nSPS) is 12.8. The van der Waals surface area contributed by atoms with E-state index in [0.717, 1.165) is 5.56 Å². The van der Waals surface area contributed by atoms with E-state index in [1.807, 2.05) is 27.7 Å². The van der Waals surface area contributed by atoms with Gasteiger partial charge in [0.05, 0.1) is 0 Å². The molecule has 1 aromatic rings. The van der Waals surface area contributed by atoms with Crippen molar-refractivity contribution in [1.29, 1.82) is 0 Å². The van der Waals surface area contributed by atoms with Crippen molar-refractivity contribution in [2.45, 2.75) is 45.8 Å². The number of amides is 1. The largest absolute Gasteiger partial charge is 0.342 e. The molecule has 19 heavy (non-hydrogen) atoms. The monoisotopic (exact) mass is 266 g/mol. The predicted molar refractivity (Wildman–Crippen MR) is 75.3 cm³/mol. The Morgan fingerprint density at radius 3 is 2.11 bits per heavy atom. The van der Waals surface area contributed by atoms with Crippen molar-refractivity contribution in [3.63, 3.8) is 0 Å². The van der Waals surface area contributed by atoms with Crippen molar-refractivity contribution in [3.8, 4) is 0 Å². The minimum atomic E-state index is -0.437. The molecule has 1 aromatic carbocycles. The van der Waals surface area contributed by atoms with Gasteiger partial charge in [-0.15, -0.1) is 0 Å². The summed E-state index contributed by atoms with van der Waals surface area (Å²) in [6.07, 6.45) is 0. The minimum absolute atomic E-state index is 0.00434. The molecule has 0 saturated heterocycles. The van der Waals surface area contributed by atoms with Gasteiger partial charge in [0, 0.05) is 19.1 Å². The van der Waals surface area contributed by atoms with E-state index in [1.54, 1.807) is 24.1 Å². The van der Waals surface area contributed by atoms with Crippen LogP contribution in [0.1, 0.15) is 39.3 Å². The highest BCUT2D eigenvalue weighted by Gasteiger charge is 2.25. The van der Waals surface area contributed by atoms with Gasteiger partial charge in [-0.2, -0.15) is 0 Å². The lowest BCUT2D eigenvalue weighted by Gasteiger charge is -2.29.